The van der Waals surface area contributed by atoms with Gasteiger partial charge in [0.2, 0.25) is 6.10 Å². The van der Waals surface area contributed by atoms with E-state index in [1.807, 2.05) is 0 Å². The molecule has 1 aliphatic heterocycles. The predicted octanol–water partition coefficient (Wildman–Crippen LogP) is 4.11. The highest BCUT2D eigenvalue weighted by atomic mass is 19.2. The zero-order chi connectivity index (χ0) is 39.5. The van der Waals surface area contributed by atoms with Crippen LogP contribution in [0.3, 0.4) is 0 Å². The van der Waals surface area contributed by atoms with Crippen LogP contribution in [0.2, 0.25) is 0 Å². The van der Waals surface area contributed by atoms with E-state index < -0.39 is 73.1 Å². The SMILES string of the molecule is O=C(OCc1ccccc1)O[C@H]1[C@H](n2ccc(=O)n(COC(=O)c3cccnc3)c2=O)O[C@](F)(COC(=O)c2cccnc2)[C@H]1OC(=O)OCc1ccccc1. The molecule has 1 aliphatic rings. The fourth-order valence-corrected chi connectivity index (χ4v) is 5.32. The molecule has 0 N–H and O–H groups in total. The van der Waals surface area contributed by atoms with Crippen molar-refractivity contribution in [2.45, 2.75) is 44.2 Å². The molecule has 2 aromatic carbocycles. The first kappa shape index (κ1) is 38.5. The van der Waals surface area contributed by atoms with Gasteiger partial charge >= 0.3 is 29.9 Å². The van der Waals surface area contributed by atoms with Crippen LogP contribution < -0.4 is 11.2 Å². The van der Waals surface area contributed by atoms with Crippen LogP contribution in [0, 0.1) is 0 Å². The number of rotatable bonds is 13. The number of pyridine rings is 2. The molecule has 0 saturated carbocycles. The van der Waals surface area contributed by atoms with Gasteiger partial charge in [-0.3, -0.25) is 19.3 Å². The average Bonchev–Trinajstić information content (AvgIpc) is 3.49. The van der Waals surface area contributed by atoms with Gasteiger partial charge in [-0.2, -0.15) is 0 Å². The first-order chi connectivity index (χ1) is 27.1. The van der Waals surface area contributed by atoms with Crippen LogP contribution in [0.4, 0.5) is 14.0 Å². The van der Waals surface area contributed by atoms with E-state index in [4.69, 9.17) is 33.2 Å². The standard InChI is InChI=1S/C38H31FN4O13/c39-38(23-52-33(45)27-13-7-16-40-19-27)31(55-37(49)51-22-26-11-5-2-6-12-26)30(54-36(48)50-21-25-9-3-1-4-10-25)32(56-38)42-18-15-29(44)43(35(42)47)24-53-34(46)28-14-8-17-41-20-28/h1-20,30-32H,21-24H2/t30-,31+,32-,38-/m1/s1. The van der Waals surface area contributed by atoms with Crippen molar-refractivity contribution >= 4 is 24.2 Å². The summed E-state index contributed by atoms with van der Waals surface area (Å²) in [5.74, 6) is -5.35. The fraction of sp³-hybridized carbons (Fsp3) is 0.211. The highest BCUT2D eigenvalue weighted by Gasteiger charge is 2.63. The van der Waals surface area contributed by atoms with Crippen molar-refractivity contribution in [2.75, 3.05) is 6.61 Å². The minimum absolute atomic E-state index is 0.0144. The first-order valence-corrected chi connectivity index (χ1v) is 16.7. The molecule has 18 heteroatoms. The third kappa shape index (κ3) is 9.47. The van der Waals surface area contributed by atoms with E-state index in [9.17, 15) is 28.8 Å². The lowest BCUT2D eigenvalue weighted by Gasteiger charge is -2.26. The van der Waals surface area contributed by atoms with E-state index in [1.165, 1.54) is 42.9 Å². The van der Waals surface area contributed by atoms with E-state index in [-0.39, 0.29) is 24.3 Å². The predicted molar refractivity (Wildman–Crippen MR) is 186 cm³/mol. The van der Waals surface area contributed by atoms with Gasteiger partial charge in [-0.1, -0.05) is 60.7 Å². The summed E-state index contributed by atoms with van der Waals surface area (Å²) in [4.78, 5) is 86.1. The summed E-state index contributed by atoms with van der Waals surface area (Å²) in [7, 11) is 0. The molecular weight excluding hydrogens is 739 g/mol. The Hall–Kier alpha value is -7.21. The smallest absolute Gasteiger partial charge is 0.456 e. The van der Waals surface area contributed by atoms with E-state index in [1.54, 1.807) is 60.7 Å². The van der Waals surface area contributed by atoms with Crippen LogP contribution in [-0.4, -0.2) is 68.0 Å². The average molecular weight is 771 g/mol. The number of alkyl halides is 1. The molecular formula is C38H31FN4O13. The summed E-state index contributed by atoms with van der Waals surface area (Å²) < 4.78 is 55.7. The van der Waals surface area contributed by atoms with Crippen molar-refractivity contribution in [3.63, 3.8) is 0 Å². The second kappa shape index (κ2) is 17.7. The van der Waals surface area contributed by atoms with Crippen LogP contribution in [-0.2, 0) is 53.1 Å². The van der Waals surface area contributed by atoms with Gasteiger partial charge in [-0.25, -0.2) is 32.9 Å². The number of ether oxygens (including phenoxy) is 7. The molecule has 0 bridgehead atoms. The number of hydrogen-bond donors (Lipinski definition) is 0. The van der Waals surface area contributed by atoms with E-state index in [0.29, 0.717) is 20.3 Å². The minimum atomic E-state index is -3.36. The molecule has 1 fully saturated rings. The maximum Gasteiger partial charge on any atom is 0.509 e. The summed E-state index contributed by atoms with van der Waals surface area (Å²) in [6, 6.07) is 23.3. The van der Waals surface area contributed by atoms with Crippen molar-refractivity contribution in [3.8, 4) is 0 Å². The minimum Gasteiger partial charge on any atom is -0.456 e. The van der Waals surface area contributed by atoms with Gasteiger partial charge in [-0.05, 0) is 35.4 Å². The number of hydrogen-bond acceptors (Lipinski definition) is 15. The number of nitrogens with zero attached hydrogens (tertiary/aromatic N) is 4. The molecule has 3 aromatic heterocycles. The van der Waals surface area contributed by atoms with Gasteiger partial charge < -0.3 is 33.2 Å². The van der Waals surface area contributed by atoms with Gasteiger partial charge in [0, 0.05) is 37.1 Å². The van der Waals surface area contributed by atoms with Crippen molar-refractivity contribution in [1.82, 2.24) is 19.1 Å². The molecule has 0 unspecified atom stereocenters. The zero-order valence-electron chi connectivity index (χ0n) is 29.1. The quantitative estimate of drug-likeness (QED) is 0.122. The second-order valence-electron chi connectivity index (χ2n) is 11.9. The molecule has 0 amide bonds. The summed E-state index contributed by atoms with van der Waals surface area (Å²) in [6.07, 6.45) is -3.26. The van der Waals surface area contributed by atoms with Crippen LogP contribution in [0.5, 0.6) is 0 Å². The third-order valence-electron chi connectivity index (χ3n) is 8.06. The monoisotopic (exact) mass is 770 g/mol. The molecule has 1 saturated heterocycles. The Kier molecular flexibility index (Phi) is 12.2. The van der Waals surface area contributed by atoms with Crippen LogP contribution in [0.25, 0.3) is 0 Å². The molecule has 17 nitrogen and oxygen atoms in total. The molecule has 5 aromatic rings. The lowest BCUT2D eigenvalue weighted by atomic mass is 10.1. The number of carbonyl (C=O) groups is 4. The van der Waals surface area contributed by atoms with Crippen molar-refractivity contribution in [2.24, 2.45) is 0 Å². The lowest BCUT2D eigenvalue weighted by Crippen LogP contribution is -2.48. The Morgan fingerprint density at radius 2 is 1.25 bits per heavy atom. The number of benzene rings is 2. The van der Waals surface area contributed by atoms with Crippen LogP contribution in [0.15, 0.2) is 132 Å². The highest BCUT2D eigenvalue weighted by Crippen LogP contribution is 2.42. The van der Waals surface area contributed by atoms with Crippen molar-refractivity contribution in [3.05, 3.63) is 165 Å². The number of aromatic nitrogens is 4. The summed E-state index contributed by atoms with van der Waals surface area (Å²) in [5.41, 5.74) is -1.16. The first-order valence-electron chi connectivity index (χ1n) is 16.7. The highest BCUT2D eigenvalue weighted by molar-refractivity contribution is 5.89. The molecule has 4 atom stereocenters. The van der Waals surface area contributed by atoms with Gasteiger partial charge in [-0.15, -0.1) is 0 Å². The molecule has 288 valence electrons. The van der Waals surface area contributed by atoms with Crippen LogP contribution in [0.1, 0.15) is 38.1 Å². The Morgan fingerprint density at radius 3 is 1.80 bits per heavy atom. The number of esters is 2. The Balaban J connectivity index is 1.33. The Bertz CT molecular complexity index is 2260. The molecule has 6 rings (SSSR count). The van der Waals surface area contributed by atoms with E-state index in [2.05, 4.69) is 9.97 Å². The van der Waals surface area contributed by atoms with Gasteiger partial charge in [0.15, 0.2) is 25.7 Å². The maximum absolute atomic E-state index is 17.3. The summed E-state index contributed by atoms with van der Waals surface area (Å²) >= 11 is 0. The Morgan fingerprint density at radius 1 is 0.696 bits per heavy atom. The van der Waals surface area contributed by atoms with Gasteiger partial charge in [0.25, 0.3) is 11.4 Å². The molecule has 0 radical (unpaired) electrons. The molecule has 56 heavy (non-hydrogen) atoms. The van der Waals surface area contributed by atoms with E-state index in [0.717, 1.165) is 18.5 Å². The van der Waals surface area contributed by atoms with Crippen molar-refractivity contribution < 1.29 is 56.7 Å². The van der Waals surface area contributed by atoms with Gasteiger partial charge in [0.05, 0.1) is 11.1 Å². The second-order valence-corrected chi connectivity index (χ2v) is 11.9. The van der Waals surface area contributed by atoms with Gasteiger partial charge in [0.1, 0.15) is 13.2 Å². The number of carbonyl (C=O) groups excluding carboxylic acids is 4. The van der Waals surface area contributed by atoms with Crippen LogP contribution >= 0.6 is 0 Å². The summed E-state index contributed by atoms with van der Waals surface area (Å²) in [6.45, 7) is -2.83. The summed E-state index contributed by atoms with van der Waals surface area (Å²) in [5, 5.41) is 0. The lowest BCUT2D eigenvalue weighted by molar-refractivity contribution is -0.210. The normalized spacial score (nSPS) is 18.6. The van der Waals surface area contributed by atoms with E-state index >= 15 is 4.39 Å². The van der Waals surface area contributed by atoms with Crippen molar-refractivity contribution in [1.29, 1.82) is 0 Å². The fourth-order valence-electron chi connectivity index (χ4n) is 5.32. The third-order valence-corrected chi connectivity index (χ3v) is 8.06. The molecule has 0 aliphatic carbocycles. The topological polar surface area (TPSA) is 203 Å². The number of halogens is 1. The zero-order valence-corrected chi connectivity index (χ0v) is 29.1. The molecule has 0 spiro atoms. The Labute approximate surface area is 315 Å². The maximum atomic E-state index is 17.3. The molecule has 4 heterocycles. The largest absolute Gasteiger partial charge is 0.509 e.